The van der Waals surface area contributed by atoms with Crippen molar-refractivity contribution in [3.63, 3.8) is 0 Å². The molecule has 25 heavy (non-hydrogen) atoms. The lowest BCUT2D eigenvalue weighted by Crippen LogP contribution is -2.32. The number of nitrogens with one attached hydrogen (secondary N) is 2. The molecule has 0 spiro atoms. The van der Waals surface area contributed by atoms with Gasteiger partial charge in [-0.2, -0.15) is 4.73 Å². The maximum absolute atomic E-state index is 12.9. The van der Waals surface area contributed by atoms with Crippen LogP contribution in [0, 0.1) is 5.21 Å². The van der Waals surface area contributed by atoms with E-state index in [2.05, 4.69) is 10.6 Å². The molecule has 0 unspecified atom stereocenters. The number of carbonyl (C=O) groups excluding carboxylic acids is 2. The Hall–Kier alpha value is -2.97. The lowest BCUT2D eigenvalue weighted by molar-refractivity contribution is -0.605. The minimum Gasteiger partial charge on any atom is -0.619 e. The van der Waals surface area contributed by atoms with E-state index in [0.717, 1.165) is 6.20 Å². The number of aromatic nitrogens is 1. The van der Waals surface area contributed by atoms with Crippen LogP contribution >= 0.6 is 0 Å². The van der Waals surface area contributed by atoms with E-state index in [-0.39, 0.29) is 54.3 Å². The third kappa shape index (κ3) is 2.92. The average Bonchev–Trinajstić information content (AvgIpc) is 2.62. The topological polar surface area (TPSA) is 126 Å². The van der Waals surface area contributed by atoms with Crippen LogP contribution in [0.15, 0.2) is 30.6 Å². The van der Waals surface area contributed by atoms with Crippen molar-refractivity contribution in [3.05, 3.63) is 58.1 Å². The van der Waals surface area contributed by atoms with E-state index in [1.54, 1.807) is 12.1 Å². The van der Waals surface area contributed by atoms with Gasteiger partial charge in [0, 0.05) is 36.1 Å². The van der Waals surface area contributed by atoms with E-state index in [1.807, 2.05) is 0 Å². The summed E-state index contributed by atoms with van der Waals surface area (Å²) in [5.41, 5.74) is 1.39. The molecule has 1 aromatic carbocycles. The van der Waals surface area contributed by atoms with Gasteiger partial charge in [-0.1, -0.05) is 0 Å². The number of nitrogens with zero attached hydrogens (tertiary/aromatic N) is 1. The minimum atomic E-state index is -0.442. The number of rotatable bonds is 6. The Kier molecular flexibility index (Phi) is 4.64. The molecule has 1 heterocycles. The van der Waals surface area contributed by atoms with Crippen LogP contribution in [0.1, 0.15) is 31.8 Å². The molecule has 3 rings (SSSR count). The van der Waals surface area contributed by atoms with Crippen molar-refractivity contribution in [2.24, 2.45) is 0 Å². The van der Waals surface area contributed by atoms with Gasteiger partial charge in [-0.05, 0) is 12.1 Å². The van der Waals surface area contributed by atoms with Crippen molar-refractivity contribution in [1.29, 1.82) is 0 Å². The highest BCUT2D eigenvalue weighted by molar-refractivity contribution is 6.31. The molecule has 0 fully saturated rings. The molecule has 0 saturated heterocycles. The number of anilines is 2. The third-order valence-electron chi connectivity index (χ3n) is 3.94. The molecule has 130 valence electrons. The smallest absolute Gasteiger partial charge is 0.202 e. The first-order chi connectivity index (χ1) is 12.1. The summed E-state index contributed by atoms with van der Waals surface area (Å²) in [4.78, 5) is 25.9. The number of aliphatic hydroxyl groups is 2. The summed E-state index contributed by atoms with van der Waals surface area (Å²) in [7, 11) is 0. The van der Waals surface area contributed by atoms with Gasteiger partial charge in [0.1, 0.15) is 0 Å². The van der Waals surface area contributed by atoms with Gasteiger partial charge in [0.2, 0.25) is 5.78 Å². The fourth-order valence-electron chi connectivity index (χ4n) is 2.88. The molecule has 1 aliphatic rings. The lowest BCUT2D eigenvalue weighted by Gasteiger charge is -2.23. The Morgan fingerprint density at radius 1 is 0.880 bits per heavy atom. The van der Waals surface area contributed by atoms with E-state index < -0.39 is 5.78 Å². The van der Waals surface area contributed by atoms with Gasteiger partial charge >= 0.3 is 0 Å². The summed E-state index contributed by atoms with van der Waals surface area (Å²) in [6, 6.07) is 4.59. The van der Waals surface area contributed by atoms with Crippen LogP contribution in [-0.2, 0) is 0 Å². The standard InChI is InChI=1S/C17H17N3O5/c21-7-4-18-12-1-2-13(19-5-8-22)15-14(12)16(23)10-3-6-20(25)9-11(10)17(15)24/h1-3,6,9,18-19,21-22H,4-5,7-8H2. The van der Waals surface area contributed by atoms with E-state index in [0.29, 0.717) is 16.1 Å². The first-order valence-electron chi connectivity index (χ1n) is 7.77. The van der Waals surface area contributed by atoms with Gasteiger partial charge in [-0.25, -0.2) is 0 Å². The summed E-state index contributed by atoms with van der Waals surface area (Å²) in [5.74, 6) is -0.818. The van der Waals surface area contributed by atoms with Crippen molar-refractivity contribution in [2.75, 3.05) is 36.9 Å². The molecule has 0 saturated carbocycles. The highest BCUT2D eigenvalue weighted by Gasteiger charge is 2.35. The maximum Gasteiger partial charge on any atom is 0.202 e. The molecule has 8 nitrogen and oxygen atoms in total. The predicted octanol–water partition coefficient (Wildman–Crippen LogP) is -0.0962. The number of carbonyl (C=O) groups is 2. The van der Waals surface area contributed by atoms with Crippen molar-refractivity contribution >= 4 is 22.9 Å². The van der Waals surface area contributed by atoms with E-state index in [4.69, 9.17) is 10.2 Å². The minimum absolute atomic E-state index is 0.0429. The molecule has 0 atom stereocenters. The SMILES string of the molecule is O=C1c2cc[n+]([O-])cc2C(=O)c2c(NCCO)ccc(NCCO)c21. The number of ketones is 2. The Bertz CT molecular complexity index is 850. The summed E-state index contributed by atoms with van der Waals surface area (Å²) < 4.78 is 0.476. The number of hydrogen-bond acceptors (Lipinski definition) is 7. The number of aliphatic hydroxyl groups excluding tert-OH is 2. The van der Waals surface area contributed by atoms with Gasteiger partial charge in [0.25, 0.3) is 0 Å². The first kappa shape index (κ1) is 16.9. The number of fused-ring (bicyclic) bond motifs is 2. The summed E-state index contributed by atoms with van der Waals surface area (Å²) in [5, 5.41) is 35.4. The Morgan fingerprint density at radius 2 is 1.40 bits per heavy atom. The lowest BCUT2D eigenvalue weighted by atomic mass is 9.83. The number of pyridine rings is 1. The second-order valence-corrected chi connectivity index (χ2v) is 5.50. The van der Waals surface area contributed by atoms with Crippen molar-refractivity contribution < 1.29 is 24.5 Å². The second-order valence-electron chi connectivity index (χ2n) is 5.50. The molecule has 0 bridgehead atoms. The number of benzene rings is 1. The largest absolute Gasteiger partial charge is 0.619 e. The van der Waals surface area contributed by atoms with Gasteiger partial charge < -0.3 is 26.1 Å². The van der Waals surface area contributed by atoms with Crippen LogP contribution in [0.5, 0.6) is 0 Å². The number of hydrogen-bond donors (Lipinski definition) is 4. The van der Waals surface area contributed by atoms with Gasteiger partial charge in [-0.3, -0.25) is 9.59 Å². The monoisotopic (exact) mass is 343 g/mol. The van der Waals surface area contributed by atoms with E-state index in [1.165, 1.54) is 12.3 Å². The van der Waals surface area contributed by atoms with Crippen LogP contribution in [0.3, 0.4) is 0 Å². The first-order valence-corrected chi connectivity index (χ1v) is 7.77. The molecule has 0 radical (unpaired) electrons. The van der Waals surface area contributed by atoms with Crippen LogP contribution < -0.4 is 15.4 Å². The normalized spacial score (nSPS) is 12.6. The van der Waals surface area contributed by atoms with Crippen molar-refractivity contribution in [1.82, 2.24) is 0 Å². The molecule has 1 aromatic heterocycles. The third-order valence-corrected chi connectivity index (χ3v) is 3.94. The quantitative estimate of drug-likeness (QED) is 0.364. The summed E-state index contributed by atoms with van der Waals surface area (Å²) >= 11 is 0. The predicted molar refractivity (Wildman–Crippen MR) is 89.9 cm³/mol. The van der Waals surface area contributed by atoms with Crippen LogP contribution in [0.2, 0.25) is 0 Å². The molecule has 2 aromatic rings. The van der Waals surface area contributed by atoms with Gasteiger partial charge in [0.15, 0.2) is 18.2 Å². The summed E-state index contributed by atoms with van der Waals surface area (Å²) in [6.07, 6.45) is 2.26. The Balaban J connectivity index is 2.20. The van der Waals surface area contributed by atoms with Crippen LogP contribution in [0.25, 0.3) is 0 Å². The second kappa shape index (κ2) is 6.88. The average molecular weight is 343 g/mol. The molecular weight excluding hydrogens is 326 g/mol. The maximum atomic E-state index is 12.9. The fraction of sp³-hybridized carbons (Fsp3) is 0.235. The molecule has 1 aliphatic carbocycles. The van der Waals surface area contributed by atoms with Crippen LogP contribution in [-0.4, -0.2) is 48.1 Å². The van der Waals surface area contributed by atoms with E-state index >= 15 is 0 Å². The Labute approximate surface area is 143 Å². The zero-order chi connectivity index (χ0) is 18.0. The molecule has 0 aliphatic heterocycles. The highest BCUT2D eigenvalue weighted by Crippen LogP contribution is 2.36. The molecule has 0 amide bonds. The Morgan fingerprint density at radius 3 is 1.92 bits per heavy atom. The van der Waals surface area contributed by atoms with Crippen molar-refractivity contribution in [3.8, 4) is 0 Å². The van der Waals surface area contributed by atoms with Gasteiger partial charge in [-0.15, -0.1) is 0 Å². The zero-order valence-electron chi connectivity index (χ0n) is 13.3. The molecule has 8 heteroatoms. The van der Waals surface area contributed by atoms with E-state index in [9.17, 15) is 14.8 Å². The fourth-order valence-corrected chi connectivity index (χ4v) is 2.88. The summed E-state index contributed by atoms with van der Waals surface area (Å²) in [6.45, 7) is 0.160. The van der Waals surface area contributed by atoms with Crippen molar-refractivity contribution in [2.45, 2.75) is 0 Å². The van der Waals surface area contributed by atoms with Crippen LogP contribution in [0.4, 0.5) is 11.4 Å². The molecule has 4 N–H and O–H groups in total. The zero-order valence-corrected chi connectivity index (χ0v) is 13.3. The molecular formula is C17H17N3O5. The highest BCUT2D eigenvalue weighted by atomic mass is 16.5. The van der Waals surface area contributed by atoms with Gasteiger partial charge in [0.05, 0.1) is 29.9 Å².